The van der Waals surface area contributed by atoms with Gasteiger partial charge in [0.15, 0.2) is 20.0 Å². The Labute approximate surface area is 204 Å². The second-order valence-electron chi connectivity index (χ2n) is 8.82. The molecule has 3 heterocycles. The summed E-state index contributed by atoms with van der Waals surface area (Å²) in [4.78, 5) is 27.3. The van der Waals surface area contributed by atoms with E-state index in [2.05, 4.69) is 20.3 Å². The van der Waals surface area contributed by atoms with Crippen molar-refractivity contribution in [1.82, 2.24) is 19.9 Å². The Morgan fingerprint density at radius 3 is 2.48 bits per heavy atom. The molecule has 2 aliphatic rings. The number of pyridine rings is 1. The SMILES string of the molecule is CS(=O)(=O)c1ccc(NC2CCN(C3CCC(CCc4ncc(Cl)nc4Cl)CC3)C2=O)cn1. The van der Waals surface area contributed by atoms with E-state index in [1.54, 1.807) is 6.07 Å². The fraction of sp³-hybridized carbons (Fsp3) is 0.545. The summed E-state index contributed by atoms with van der Waals surface area (Å²) in [6.07, 6.45) is 10.7. The Hall–Kier alpha value is -1.97. The third-order valence-electron chi connectivity index (χ3n) is 6.51. The van der Waals surface area contributed by atoms with Crippen molar-refractivity contribution in [2.45, 2.75) is 62.1 Å². The number of nitrogens with zero attached hydrogens (tertiary/aromatic N) is 4. The average molecular weight is 512 g/mol. The number of nitrogens with one attached hydrogen (secondary N) is 1. The molecule has 1 atom stereocenters. The molecule has 1 aliphatic carbocycles. The molecule has 1 saturated heterocycles. The summed E-state index contributed by atoms with van der Waals surface area (Å²) >= 11 is 11.9. The van der Waals surface area contributed by atoms with Gasteiger partial charge in [0.05, 0.1) is 23.8 Å². The Morgan fingerprint density at radius 2 is 1.85 bits per heavy atom. The zero-order valence-electron chi connectivity index (χ0n) is 18.4. The van der Waals surface area contributed by atoms with Gasteiger partial charge >= 0.3 is 0 Å². The van der Waals surface area contributed by atoms with Crippen molar-refractivity contribution in [2.24, 2.45) is 5.92 Å². The first-order valence-corrected chi connectivity index (χ1v) is 13.8. The van der Waals surface area contributed by atoms with E-state index in [1.807, 2.05) is 4.90 Å². The Kier molecular flexibility index (Phi) is 7.40. The molecule has 2 aromatic heterocycles. The van der Waals surface area contributed by atoms with Gasteiger partial charge in [-0.1, -0.05) is 23.2 Å². The van der Waals surface area contributed by atoms with Crippen LogP contribution < -0.4 is 5.32 Å². The van der Waals surface area contributed by atoms with Crippen LogP contribution in [0.2, 0.25) is 10.3 Å². The van der Waals surface area contributed by atoms with Crippen LogP contribution in [0.4, 0.5) is 5.69 Å². The highest BCUT2D eigenvalue weighted by molar-refractivity contribution is 7.90. The van der Waals surface area contributed by atoms with Crippen molar-refractivity contribution < 1.29 is 13.2 Å². The van der Waals surface area contributed by atoms with E-state index in [-0.39, 0.29) is 23.0 Å². The van der Waals surface area contributed by atoms with Gasteiger partial charge in [0.2, 0.25) is 5.91 Å². The number of anilines is 1. The molecule has 1 N–H and O–H groups in total. The number of hydrogen-bond acceptors (Lipinski definition) is 7. The first-order chi connectivity index (χ1) is 15.7. The van der Waals surface area contributed by atoms with Crippen LogP contribution in [0.3, 0.4) is 0 Å². The minimum atomic E-state index is -3.34. The van der Waals surface area contributed by atoms with Crippen molar-refractivity contribution in [1.29, 1.82) is 0 Å². The van der Waals surface area contributed by atoms with E-state index in [4.69, 9.17) is 23.2 Å². The van der Waals surface area contributed by atoms with Crippen molar-refractivity contribution >= 4 is 44.6 Å². The quantitative estimate of drug-likeness (QED) is 0.602. The summed E-state index contributed by atoms with van der Waals surface area (Å²) in [7, 11) is -3.34. The summed E-state index contributed by atoms with van der Waals surface area (Å²) in [5.41, 5.74) is 1.43. The number of sulfone groups is 1. The molecule has 1 aliphatic heterocycles. The Morgan fingerprint density at radius 1 is 1.09 bits per heavy atom. The molecule has 2 aromatic rings. The molecule has 11 heteroatoms. The van der Waals surface area contributed by atoms with E-state index in [0.717, 1.165) is 63.4 Å². The molecular formula is C22H27Cl2N5O3S. The Bertz CT molecular complexity index is 1110. The summed E-state index contributed by atoms with van der Waals surface area (Å²) in [5, 5.41) is 3.91. The van der Waals surface area contributed by atoms with Gasteiger partial charge in [-0.2, -0.15) is 0 Å². The van der Waals surface area contributed by atoms with Crippen LogP contribution >= 0.6 is 23.2 Å². The number of carbonyl (C=O) groups is 1. The molecular weight excluding hydrogens is 485 g/mol. The lowest BCUT2D eigenvalue weighted by Gasteiger charge is -2.35. The predicted octanol–water partition coefficient (Wildman–Crippen LogP) is 3.79. The van der Waals surface area contributed by atoms with Crippen LogP contribution in [0.5, 0.6) is 0 Å². The minimum absolute atomic E-state index is 0.0227. The maximum absolute atomic E-state index is 13.0. The predicted molar refractivity (Wildman–Crippen MR) is 127 cm³/mol. The second-order valence-corrected chi connectivity index (χ2v) is 11.5. The van der Waals surface area contributed by atoms with Crippen LogP contribution in [0.25, 0.3) is 0 Å². The number of amides is 1. The smallest absolute Gasteiger partial charge is 0.245 e. The molecule has 0 spiro atoms. The normalized spacial score (nSPS) is 23.7. The Balaban J connectivity index is 1.26. The first kappa shape index (κ1) is 24.2. The molecule has 1 saturated carbocycles. The highest BCUT2D eigenvalue weighted by Gasteiger charge is 2.37. The highest BCUT2D eigenvalue weighted by atomic mass is 35.5. The largest absolute Gasteiger partial charge is 0.372 e. The number of aromatic nitrogens is 3. The van der Waals surface area contributed by atoms with Crippen molar-refractivity contribution in [3.8, 4) is 0 Å². The average Bonchev–Trinajstić information content (AvgIpc) is 3.13. The number of likely N-dealkylation sites (tertiary alicyclic amines) is 1. The van der Waals surface area contributed by atoms with Crippen LogP contribution in [0.15, 0.2) is 29.6 Å². The lowest BCUT2D eigenvalue weighted by molar-refractivity contribution is -0.131. The van der Waals surface area contributed by atoms with Gasteiger partial charge in [-0.15, -0.1) is 0 Å². The fourth-order valence-electron chi connectivity index (χ4n) is 4.71. The highest BCUT2D eigenvalue weighted by Crippen LogP contribution is 2.33. The summed E-state index contributed by atoms with van der Waals surface area (Å²) in [6, 6.07) is 3.07. The molecule has 1 unspecified atom stereocenters. The maximum atomic E-state index is 13.0. The monoisotopic (exact) mass is 511 g/mol. The molecule has 8 nitrogen and oxygen atoms in total. The molecule has 2 fully saturated rings. The van der Waals surface area contributed by atoms with Crippen LogP contribution in [-0.2, 0) is 21.1 Å². The van der Waals surface area contributed by atoms with Crippen molar-refractivity contribution in [2.75, 3.05) is 18.1 Å². The van der Waals surface area contributed by atoms with Crippen LogP contribution in [0.1, 0.15) is 44.2 Å². The van der Waals surface area contributed by atoms with E-state index in [0.29, 0.717) is 21.9 Å². The number of carbonyl (C=O) groups excluding carboxylic acids is 1. The van der Waals surface area contributed by atoms with E-state index >= 15 is 0 Å². The van der Waals surface area contributed by atoms with E-state index in [9.17, 15) is 13.2 Å². The van der Waals surface area contributed by atoms with Gasteiger partial charge in [-0.25, -0.2) is 18.4 Å². The van der Waals surface area contributed by atoms with Gasteiger partial charge in [0, 0.05) is 18.8 Å². The van der Waals surface area contributed by atoms with Gasteiger partial charge in [0.1, 0.15) is 11.2 Å². The minimum Gasteiger partial charge on any atom is -0.372 e. The van der Waals surface area contributed by atoms with Crippen LogP contribution in [-0.4, -0.2) is 59.1 Å². The molecule has 178 valence electrons. The van der Waals surface area contributed by atoms with Gasteiger partial charge in [-0.3, -0.25) is 9.78 Å². The topological polar surface area (TPSA) is 105 Å². The van der Waals surface area contributed by atoms with Gasteiger partial charge in [-0.05, 0) is 63.0 Å². The first-order valence-electron chi connectivity index (χ1n) is 11.1. The standard InChI is InChI=1S/C22H27Cl2N5O3S/c1-33(31,32)20-9-5-15(12-26-20)27-18-10-11-29(22(18)30)16-6-2-14(3-7-16)4-8-17-21(24)28-19(23)13-25-17/h5,9,12-14,16,18,27H,2-4,6-8,10-11H2,1H3. The fourth-order valence-corrected chi connectivity index (χ4v) is 5.68. The third kappa shape index (κ3) is 5.94. The maximum Gasteiger partial charge on any atom is 0.245 e. The van der Waals surface area contributed by atoms with Gasteiger partial charge < -0.3 is 10.2 Å². The summed E-state index contributed by atoms with van der Waals surface area (Å²) < 4.78 is 23.1. The van der Waals surface area contributed by atoms with Crippen molar-refractivity contribution in [3.63, 3.8) is 0 Å². The second kappa shape index (κ2) is 10.1. The van der Waals surface area contributed by atoms with Crippen LogP contribution in [0, 0.1) is 5.92 Å². The zero-order valence-corrected chi connectivity index (χ0v) is 20.7. The van der Waals surface area contributed by atoms with Gasteiger partial charge in [0.25, 0.3) is 0 Å². The molecule has 0 aromatic carbocycles. The van der Waals surface area contributed by atoms with E-state index in [1.165, 1.54) is 18.5 Å². The number of halogens is 2. The number of rotatable bonds is 7. The number of aryl methyl sites for hydroxylation is 1. The van der Waals surface area contributed by atoms with Crippen molar-refractivity contribution in [3.05, 3.63) is 40.5 Å². The molecule has 33 heavy (non-hydrogen) atoms. The zero-order chi connectivity index (χ0) is 23.6. The lowest BCUT2D eigenvalue weighted by Crippen LogP contribution is -2.42. The third-order valence-corrected chi connectivity index (χ3v) is 8.00. The molecule has 4 rings (SSSR count). The summed E-state index contributed by atoms with van der Waals surface area (Å²) in [5.74, 6) is 0.690. The summed E-state index contributed by atoms with van der Waals surface area (Å²) in [6.45, 7) is 0.733. The molecule has 0 bridgehead atoms. The number of hydrogen-bond donors (Lipinski definition) is 1. The lowest BCUT2D eigenvalue weighted by atomic mass is 9.82. The molecule has 1 amide bonds. The van der Waals surface area contributed by atoms with E-state index < -0.39 is 9.84 Å². The molecule has 0 radical (unpaired) electrons.